The molecular weight excluding hydrogens is 258 g/mol. The highest BCUT2D eigenvalue weighted by Crippen LogP contribution is 2.36. The first-order chi connectivity index (χ1) is 10.2. The topological polar surface area (TPSA) is 43.8 Å². The number of aromatic nitrogens is 2. The van der Waals surface area contributed by atoms with E-state index in [9.17, 15) is 0 Å². The molecule has 112 valence electrons. The molecule has 3 heteroatoms. The molecule has 0 radical (unpaired) electrons. The molecule has 21 heavy (non-hydrogen) atoms. The number of nitrogens with zero attached hydrogens (tertiary/aromatic N) is 2. The van der Waals surface area contributed by atoms with Crippen LogP contribution >= 0.6 is 0 Å². The van der Waals surface area contributed by atoms with Gasteiger partial charge in [0.05, 0.1) is 17.4 Å². The number of nitrogens with two attached hydrogens (primary N) is 1. The van der Waals surface area contributed by atoms with Crippen molar-refractivity contribution in [3.05, 3.63) is 52.8 Å². The zero-order chi connectivity index (χ0) is 14.8. The molecule has 3 nitrogen and oxygen atoms in total. The van der Waals surface area contributed by atoms with E-state index >= 15 is 0 Å². The van der Waals surface area contributed by atoms with Gasteiger partial charge in [-0.2, -0.15) is 5.10 Å². The molecule has 1 saturated carbocycles. The highest BCUT2D eigenvalue weighted by Gasteiger charge is 2.20. The third-order valence-electron chi connectivity index (χ3n) is 4.71. The second kappa shape index (κ2) is 6.02. The van der Waals surface area contributed by atoms with Crippen LogP contribution in [0.4, 0.5) is 0 Å². The van der Waals surface area contributed by atoms with Crippen LogP contribution in [0, 0.1) is 0 Å². The van der Waals surface area contributed by atoms with Crippen molar-refractivity contribution >= 4 is 0 Å². The zero-order valence-electron chi connectivity index (χ0n) is 13.0. The molecule has 1 heterocycles. The molecule has 0 spiro atoms. The molecule has 1 fully saturated rings. The van der Waals surface area contributed by atoms with E-state index in [2.05, 4.69) is 49.3 Å². The van der Waals surface area contributed by atoms with Crippen molar-refractivity contribution in [2.45, 2.75) is 58.0 Å². The largest absolute Gasteiger partial charge is 0.319 e. The monoisotopic (exact) mass is 283 g/mol. The van der Waals surface area contributed by atoms with Gasteiger partial charge in [-0.1, -0.05) is 37.6 Å². The van der Waals surface area contributed by atoms with Crippen LogP contribution in [0.2, 0.25) is 0 Å². The molecule has 3 rings (SSSR count). The number of benzene rings is 1. The van der Waals surface area contributed by atoms with Crippen LogP contribution in [-0.2, 0) is 13.0 Å². The number of hydrogen-bond donors (Lipinski definition) is 1. The van der Waals surface area contributed by atoms with Gasteiger partial charge in [-0.05, 0) is 49.3 Å². The summed E-state index contributed by atoms with van der Waals surface area (Å²) in [5.74, 6) is 0.781. The Bertz CT molecular complexity index is 593. The van der Waals surface area contributed by atoms with Crippen LogP contribution in [0.15, 0.2) is 30.3 Å². The van der Waals surface area contributed by atoms with Crippen LogP contribution in [0.5, 0.6) is 0 Å². The predicted octanol–water partition coefficient (Wildman–Crippen LogP) is 3.78. The van der Waals surface area contributed by atoms with Gasteiger partial charge >= 0.3 is 0 Å². The Morgan fingerprint density at radius 3 is 2.48 bits per heavy atom. The fourth-order valence-electron chi connectivity index (χ4n) is 3.05. The van der Waals surface area contributed by atoms with E-state index in [0.717, 1.165) is 30.3 Å². The summed E-state index contributed by atoms with van der Waals surface area (Å²) in [5.41, 5.74) is 11.4. The van der Waals surface area contributed by atoms with E-state index in [-0.39, 0.29) is 6.04 Å². The molecule has 1 atom stereocenters. The maximum absolute atomic E-state index is 6.47. The van der Waals surface area contributed by atoms with E-state index < -0.39 is 0 Å². The Hall–Kier alpha value is -1.61. The molecule has 1 aliphatic rings. The predicted molar refractivity (Wildman–Crippen MR) is 86.3 cm³/mol. The average molecular weight is 283 g/mol. The Labute approximate surface area is 127 Å². The van der Waals surface area contributed by atoms with Crippen LogP contribution in [0.1, 0.15) is 67.6 Å². The van der Waals surface area contributed by atoms with Gasteiger partial charge in [0.1, 0.15) is 0 Å². The minimum Gasteiger partial charge on any atom is -0.319 e. The highest BCUT2D eigenvalue weighted by molar-refractivity contribution is 5.33. The molecule has 0 aliphatic heterocycles. The van der Waals surface area contributed by atoms with Crippen molar-refractivity contribution in [3.8, 4) is 0 Å². The Morgan fingerprint density at radius 1 is 1.24 bits per heavy atom. The molecule has 0 saturated heterocycles. The molecule has 2 N–H and O–H groups in total. The molecule has 0 amide bonds. The summed E-state index contributed by atoms with van der Waals surface area (Å²) in [5, 5.41) is 4.60. The lowest BCUT2D eigenvalue weighted by Gasteiger charge is -2.26. The molecule has 1 aromatic heterocycles. The third kappa shape index (κ3) is 2.75. The van der Waals surface area contributed by atoms with Gasteiger partial charge in [-0.25, -0.2) is 0 Å². The first kappa shape index (κ1) is 14.3. The summed E-state index contributed by atoms with van der Waals surface area (Å²) in [7, 11) is 0. The summed E-state index contributed by atoms with van der Waals surface area (Å²) >= 11 is 0. The van der Waals surface area contributed by atoms with E-state index in [1.807, 2.05) is 4.68 Å². The fourth-order valence-corrected chi connectivity index (χ4v) is 3.05. The SMILES string of the molecule is CCc1cc(C(N)c2ccc(C3CCC3)cc2)n(CC)n1. The van der Waals surface area contributed by atoms with Crippen molar-refractivity contribution in [2.75, 3.05) is 0 Å². The van der Waals surface area contributed by atoms with Crippen LogP contribution in [0.3, 0.4) is 0 Å². The van der Waals surface area contributed by atoms with E-state index in [4.69, 9.17) is 5.73 Å². The van der Waals surface area contributed by atoms with Crippen molar-refractivity contribution in [1.82, 2.24) is 9.78 Å². The van der Waals surface area contributed by atoms with Crippen molar-refractivity contribution in [2.24, 2.45) is 5.73 Å². The quantitative estimate of drug-likeness (QED) is 0.907. The maximum atomic E-state index is 6.47. The van der Waals surface area contributed by atoms with E-state index in [1.165, 1.54) is 30.4 Å². The average Bonchev–Trinajstić information content (AvgIpc) is 2.89. The Kier molecular flexibility index (Phi) is 4.11. The van der Waals surface area contributed by atoms with Crippen LogP contribution in [-0.4, -0.2) is 9.78 Å². The molecule has 2 aromatic rings. The molecular formula is C18H25N3. The summed E-state index contributed by atoms with van der Waals surface area (Å²) in [6.45, 7) is 5.11. The lowest BCUT2D eigenvalue weighted by atomic mass is 9.80. The summed E-state index contributed by atoms with van der Waals surface area (Å²) in [6.07, 6.45) is 5.01. The third-order valence-corrected chi connectivity index (χ3v) is 4.71. The highest BCUT2D eigenvalue weighted by atomic mass is 15.3. The second-order valence-electron chi connectivity index (χ2n) is 6.00. The van der Waals surface area contributed by atoms with Crippen molar-refractivity contribution < 1.29 is 0 Å². The van der Waals surface area contributed by atoms with Gasteiger partial charge in [0.25, 0.3) is 0 Å². The van der Waals surface area contributed by atoms with E-state index in [0.29, 0.717) is 0 Å². The number of rotatable bonds is 5. The lowest BCUT2D eigenvalue weighted by molar-refractivity contribution is 0.419. The van der Waals surface area contributed by atoms with Gasteiger partial charge in [0.2, 0.25) is 0 Å². The Morgan fingerprint density at radius 2 is 1.95 bits per heavy atom. The van der Waals surface area contributed by atoms with Crippen molar-refractivity contribution in [1.29, 1.82) is 0 Å². The van der Waals surface area contributed by atoms with Gasteiger partial charge in [-0.3, -0.25) is 4.68 Å². The molecule has 1 aliphatic carbocycles. The zero-order valence-corrected chi connectivity index (χ0v) is 13.0. The Balaban J connectivity index is 1.83. The van der Waals surface area contributed by atoms with Crippen LogP contribution < -0.4 is 5.73 Å². The van der Waals surface area contributed by atoms with Gasteiger partial charge in [-0.15, -0.1) is 0 Å². The minimum absolute atomic E-state index is 0.0896. The van der Waals surface area contributed by atoms with Crippen molar-refractivity contribution in [3.63, 3.8) is 0 Å². The van der Waals surface area contributed by atoms with Gasteiger partial charge in [0, 0.05) is 6.54 Å². The first-order valence-electron chi connectivity index (χ1n) is 8.15. The first-order valence-corrected chi connectivity index (χ1v) is 8.15. The summed E-state index contributed by atoms with van der Waals surface area (Å²) in [4.78, 5) is 0. The van der Waals surface area contributed by atoms with Crippen LogP contribution in [0.25, 0.3) is 0 Å². The van der Waals surface area contributed by atoms with E-state index in [1.54, 1.807) is 0 Å². The normalized spacial score (nSPS) is 16.7. The molecule has 1 aromatic carbocycles. The number of hydrogen-bond acceptors (Lipinski definition) is 2. The summed E-state index contributed by atoms with van der Waals surface area (Å²) in [6, 6.07) is 11.0. The summed E-state index contributed by atoms with van der Waals surface area (Å²) < 4.78 is 2.03. The number of aryl methyl sites for hydroxylation is 2. The standard InChI is InChI=1S/C18H25N3/c1-3-16-12-17(21(4-2)20-16)18(19)15-10-8-14(9-11-15)13-6-5-7-13/h8-13,18H,3-7,19H2,1-2H3. The second-order valence-corrected chi connectivity index (χ2v) is 6.00. The lowest BCUT2D eigenvalue weighted by Crippen LogP contribution is -2.17. The van der Waals surface area contributed by atoms with Gasteiger partial charge in [0.15, 0.2) is 0 Å². The maximum Gasteiger partial charge on any atom is 0.0723 e. The van der Waals surface area contributed by atoms with Gasteiger partial charge < -0.3 is 5.73 Å². The smallest absolute Gasteiger partial charge is 0.0723 e. The molecule has 1 unspecified atom stereocenters. The fraction of sp³-hybridized carbons (Fsp3) is 0.500. The molecule has 0 bridgehead atoms. The minimum atomic E-state index is -0.0896.